The van der Waals surface area contributed by atoms with E-state index in [1.807, 2.05) is 19.9 Å². The first kappa shape index (κ1) is 12.0. The van der Waals surface area contributed by atoms with Gasteiger partial charge in [-0.1, -0.05) is 0 Å². The van der Waals surface area contributed by atoms with Gasteiger partial charge in [-0.15, -0.1) is 0 Å². The van der Waals surface area contributed by atoms with Crippen molar-refractivity contribution >= 4 is 12.1 Å². The number of carbonyl (C=O) groups is 1. The third-order valence-corrected chi connectivity index (χ3v) is 2.47. The molecule has 0 radical (unpaired) electrons. The van der Waals surface area contributed by atoms with E-state index in [0.717, 1.165) is 17.0 Å². The lowest BCUT2D eigenvalue weighted by Crippen LogP contribution is -2.17. The van der Waals surface area contributed by atoms with Gasteiger partial charge in [0.2, 0.25) is 0 Å². The Hall–Kier alpha value is -2.43. The van der Waals surface area contributed by atoms with E-state index in [1.165, 1.54) is 6.20 Å². The van der Waals surface area contributed by atoms with Crippen molar-refractivity contribution in [1.82, 2.24) is 15.4 Å². The van der Waals surface area contributed by atoms with Crippen molar-refractivity contribution in [2.45, 2.75) is 13.8 Å². The van der Waals surface area contributed by atoms with Gasteiger partial charge in [-0.25, -0.2) is 5.43 Å². The smallest absolute Gasteiger partial charge is 0.272 e. The molecule has 0 atom stereocenters. The first-order valence-electron chi connectivity index (χ1n) is 5.56. The molecule has 5 heteroatoms. The average Bonchev–Trinajstić information content (AvgIpc) is 2.69. The molecule has 5 nitrogen and oxygen atoms in total. The number of aromatic nitrogens is 2. The minimum absolute atomic E-state index is 0.278. The predicted octanol–water partition coefficient (Wildman–Crippen LogP) is 1.79. The number of hydrogen-bond acceptors (Lipinski definition) is 3. The maximum absolute atomic E-state index is 11.6. The van der Waals surface area contributed by atoms with Crippen molar-refractivity contribution in [3.63, 3.8) is 0 Å². The van der Waals surface area contributed by atoms with Crippen LogP contribution in [0, 0.1) is 13.8 Å². The van der Waals surface area contributed by atoms with E-state index < -0.39 is 0 Å². The minimum atomic E-state index is -0.278. The summed E-state index contributed by atoms with van der Waals surface area (Å²) in [5.41, 5.74) is 5.98. The molecular formula is C13H14N4O. The maximum atomic E-state index is 11.6. The van der Waals surface area contributed by atoms with E-state index >= 15 is 0 Å². The van der Waals surface area contributed by atoms with Gasteiger partial charge in [-0.05, 0) is 37.6 Å². The van der Waals surface area contributed by atoms with Crippen LogP contribution in [0.3, 0.4) is 0 Å². The number of aryl methyl sites for hydroxylation is 2. The number of hydrogen-bond donors (Lipinski definition) is 2. The third-order valence-electron chi connectivity index (χ3n) is 2.47. The number of nitrogens with zero attached hydrogens (tertiary/aromatic N) is 2. The zero-order chi connectivity index (χ0) is 13.0. The highest BCUT2D eigenvalue weighted by atomic mass is 16.2. The molecule has 0 aliphatic rings. The van der Waals surface area contributed by atoms with Crippen molar-refractivity contribution in [3.8, 4) is 0 Å². The van der Waals surface area contributed by atoms with Crippen LogP contribution in [0.2, 0.25) is 0 Å². The van der Waals surface area contributed by atoms with Crippen LogP contribution < -0.4 is 5.43 Å². The highest BCUT2D eigenvalue weighted by Crippen LogP contribution is 2.05. The van der Waals surface area contributed by atoms with Gasteiger partial charge in [-0.2, -0.15) is 5.10 Å². The van der Waals surface area contributed by atoms with Crippen molar-refractivity contribution in [1.29, 1.82) is 0 Å². The van der Waals surface area contributed by atoms with Crippen molar-refractivity contribution in [2.24, 2.45) is 5.10 Å². The Bertz CT molecular complexity index is 572. The Labute approximate surface area is 105 Å². The topological polar surface area (TPSA) is 70.1 Å². The number of aromatic amines is 1. The van der Waals surface area contributed by atoms with Crippen LogP contribution in [0.15, 0.2) is 35.7 Å². The van der Waals surface area contributed by atoms with Crippen LogP contribution >= 0.6 is 0 Å². The first-order valence-corrected chi connectivity index (χ1v) is 5.56. The molecule has 0 bridgehead atoms. The molecule has 0 saturated carbocycles. The molecule has 2 N–H and O–H groups in total. The molecule has 0 saturated heterocycles. The highest BCUT2D eigenvalue weighted by Gasteiger charge is 2.03. The van der Waals surface area contributed by atoms with Gasteiger partial charge >= 0.3 is 0 Å². The Balaban J connectivity index is 2.00. The summed E-state index contributed by atoms with van der Waals surface area (Å²) in [4.78, 5) is 18.7. The first-order chi connectivity index (χ1) is 8.66. The monoisotopic (exact) mass is 242 g/mol. The van der Waals surface area contributed by atoms with E-state index in [-0.39, 0.29) is 5.91 Å². The zero-order valence-corrected chi connectivity index (χ0v) is 10.3. The number of rotatable bonds is 3. The molecule has 0 aliphatic heterocycles. The summed E-state index contributed by atoms with van der Waals surface area (Å²) in [6.45, 7) is 3.95. The molecule has 18 heavy (non-hydrogen) atoms. The normalized spacial score (nSPS) is 10.8. The fourth-order valence-electron chi connectivity index (χ4n) is 1.60. The fourth-order valence-corrected chi connectivity index (χ4v) is 1.60. The molecule has 92 valence electrons. The number of carbonyl (C=O) groups excluding carboxylic acids is 1. The second-order valence-electron chi connectivity index (χ2n) is 3.99. The van der Waals surface area contributed by atoms with Crippen LogP contribution in [-0.2, 0) is 0 Å². The van der Waals surface area contributed by atoms with Crippen LogP contribution in [0.4, 0.5) is 0 Å². The zero-order valence-electron chi connectivity index (χ0n) is 10.3. The molecule has 2 rings (SSSR count). The van der Waals surface area contributed by atoms with Gasteiger partial charge in [0.05, 0.1) is 17.5 Å². The van der Waals surface area contributed by atoms with Gasteiger partial charge in [-0.3, -0.25) is 9.78 Å². The minimum Gasteiger partial charge on any atom is -0.358 e. The number of H-pyrrole nitrogens is 1. The lowest BCUT2D eigenvalue weighted by Gasteiger charge is -1.98. The van der Waals surface area contributed by atoms with Gasteiger partial charge in [0.1, 0.15) is 0 Å². The van der Waals surface area contributed by atoms with Crippen LogP contribution in [0.1, 0.15) is 27.3 Å². The molecular weight excluding hydrogens is 228 g/mol. The Morgan fingerprint density at radius 3 is 2.94 bits per heavy atom. The van der Waals surface area contributed by atoms with E-state index in [9.17, 15) is 4.79 Å². The molecule has 2 heterocycles. The molecule has 1 amide bonds. The summed E-state index contributed by atoms with van der Waals surface area (Å²) in [5, 5.41) is 3.91. The van der Waals surface area contributed by atoms with Gasteiger partial charge < -0.3 is 4.98 Å². The summed E-state index contributed by atoms with van der Waals surface area (Å²) in [6.07, 6.45) is 4.70. The van der Waals surface area contributed by atoms with E-state index in [0.29, 0.717) is 5.56 Å². The second-order valence-corrected chi connectivity index (χ2v) is 3.99. The number of nitrogens with one attached hydrogen (secondary N) is 2. The molecule has 2 aromatic heterocycles. The molecule has 0 aromatic carbocycles. The van der Waals surface area contributed by atoms with Crippen molar-refractivity contribution < 1.29 is 4.79 Å². The Morgan fingerprint density at radius 2 is 2.33 bits per heavy atom. The fraction of sp³-hybridized carbons (Fsp3) is 0.154. The molecule has 0 unspecified atom stereocenters. The molecule has 0 fully saturated rings. The summed E-state index contributed by atoms with van der Waals surface area (Å²) in [5.74, 6) is -0.278. The van der Waals surface area contributed by atoms with Gasteiger partial charge in [0.15, 0.2) is 0 Å². The standard InChI is InChI=1S/C13H14N4O/c1-9-6-10(2)16-12(9)8-15-17-13(18)11-4-3-5-14-7-11/h3-8,16H,1-2H3,(H,17,18). The predicted molar refractivity (Wildman–Crippen MR) is 69.6 cm³/mol. The molecule has 2 aromatic rings. The van der Waals surface area contributed by atoms with Crippen LogP contribution in [-0.4, -0.2) is 22.1 Å². The third kappa shape index (κ3) is 2.82. The molecule has 0 aliphatic carbocycles. The Kier molecular flexibility index (Phi) is 3.52. The number of pyridine rings is 1. The van der Waals surface area contributed by atoms with Crippen LogP contribution in [0.25, 0.3) is 0 Å². The highest BCUT2D eigenvalue weighted by molar-refractivity contribution is 5.94. The Morgan fingerprint density at radius 1 is 1.50 bits per heavy atom. The number of hydrazone groups is 1. The summed E-state index contributed by atoms with van der Waals surface area (Å²) in [6, 6.07) is 5.41. The van der Waals surface area contributed by atoms with Gasteiger partial charge in [0, 0.05) is 18.1 Å². The summed E-state index contributed by atoms with van der Waals surface area (Å²) in [7, 11) is 0. The molecule has 0 spiro atoms. The lowest BCUT2D eigenvalue weighted by molar-refractivity contribution is 0.0955. The average molecular weight is 242 g/mol. The largest absolute Gasteiger partial charge is 0.358 e. The van der Waals surface area contributed by atoms with E-state index in [1.54, 1.807) is 24.5 Å². The maximum Gasteiger partial charge on any atom is 0.272 e. The van der Waals surface area contributed by atoms with Gasteiger partial charge in [0.25, 0.3) is 5.91 Å². The second kappa shape index (κ2) is 5.27. The van der Waals surface area contributed by atoms with Crippen LogP contribution in [0.5, 0.6) is 0 Å². The summed E-state index contributed by atoms with van der Waals surface area (Å²) >= 11 is 0. The SMILES string of the molecule is Cc1cc(C)c(C=NNC(=O)c2cccnc2)[nH]1. The van der Waals surface area contributed by atoms with E-state index in [2.05, 4.69) is 20.5 Å². The van der Waals surface area contributed by atoms with Crippen molar-refractivity contribution in [3.05, 3.63) is 53.1 Å². The van der Waals surface area contributed by atoms with Crippen molar-refractivity contribution in [2.75, 3.05) is 0 Å². The van der Waals surface area contributed by atoms with E-state index in [4.69, 9.17) is 0 Å². The summed E-state index contributed by atoms with van der Waals surface area (Å²) < 4.78 is 0. The quantitative estimate of drug-likeness (QED) is 0.636. The number of amides is 1. The lowest BCUT2D eigenvalue weighted by atomic mass is 10.3.